The largest absolute Gasteiger partial charge is 0.479 e. The average Bonchev–Trinajstić information content (AvgIpc) is 2.38. The van der Waals surface area contributed by atoms with Gasteiger partial charge in [-0.25, -0.2) is 0 Å². The van der Waals surface area contributed by atoms with Crippen molar-refractivity contribution in [2.45, 2.75) is 17.9 Å². The molecule has 0 fully saturated rings. The van der Waals surface area contributed by atoms with Crippen molar-refractivity contribution < 1.29 is 9.84 Å². The summed E-state index contributed by atoms with van der Waals surface area (Å²) in [5.74, 6) is 0.813. The van der Waals surface area contributed by atoms with E-state index in [4.69, 9.17) is 21.7 Å². The number of nitrogens with one attached hydrogen (secondary N) is 1. The summed E-state index contributed by atoms with van der Waals surface area (Å²) in [5, 5.41) is 18.5. The van der Waals surface area contributed by atoms with E-state index in [1.54, 1.807) is 24.8 Å². The van der Waals surface area contributed by atoms with Gasteiger partial charge in [0.05, 0.1) is 12.3 Å². The summed E-state index contributed by atoms with van der Waals surface area (Å²) < 4.78 is 5.08. The second-order valence-corrected chi connectivity index (χ2v) is 5.85. The number of halogens is 1. The van der Waals surface area contributed by atoms with Crippen molar-refractivity contribution >= 4 is 34.9 Å². The summed E-state index contributed by atoms with van der Waals surface area (Å²) in [6.45, 7) is 3.10. The first-order chi connectivity index (χ1) is 9.04. The van der Waals surface area contributed by atoms with Crippen LogP contribution in [-0.2, 0) is 4.74 Å². The van der Waals surface area contributed by atoms with Gasteiger partial charge in [0, 0.05) is 34.8 Å². The normalized spacial score (nSPS) is 15.9. The van der Waals surface area contributed by atoms with Gasteiger partial charge in [-0.05, 0) is 19.1 Å². The fourth-order valence-corrected chi connectivity index (χ4v) is 3.51. The number of aliphatic hydroxyl groups is 1. The maximum absolute atomic E-state index is 10.2. The lowest BCUT2D eigenvalue weighted by Crippen LogP contribution is -2.26. The second kappa shape index (κ2) is 6.03. The molecule has 0 amide bonds. The number of thioether (sulfide) groups is 1. The van der Waals surface area contributed by atoms with Crippen LogP contribution < -0.4 is 4.90 Å². The Bertz CT molecular complexity index is 496. The van der Waals surface area contributed by atoms with Crippen LogP contribution in [0.15, 0.2) is 17.0 Å². The number of rotatable bonds is 3. The molecule has 0 saturated carbocycles. The lowest BCUT2D eigenvalue weighted by atomic mass is 10.1. The van der Waals surface area contributed by atoms with Crippen LogP contribution in [0.5, 0.6) is 0 Å². The highest BCUT2D eigenvalue weighted by Gasteiger charge is 2.25. The van der Waals surface area contributed by atoms with Crippen molar-refractivity contribution in [1.82, 2.24) is 0 Å². The summed E-state index contributed by atoms with van der Waals surface area (Å²) in [7, 11) is 2.00. The Morgan fingerprint density at radius 1 is 1.63 bits per heavy atom. The highest BCUT2D eigenvalue weighted by molar-refractivity contribution is 7.99. The van der Waals surface area contributed by atoms with Crippen molar-refractivity contribution in [3.05, 3.63) is 22.7 Å². The molecule has 1 aromatic carbocycles. The van der Waals surface area contributed by atoms with Crippen molar-refractivity contribution in [3.8, 4) is 0 Å². The topological polar surface area (TPSA) is 56.6 Å². The number of anilines is 1. The molecule has 1 aromatic rings. The molecule has 1 unspecified atom stereocenters. The lowest BCUT2D eigenvalue weighted by Gasteiger charge is -2.30. The SMILES string of the molecule is CCOC(=N)C(O)c1cc(Cl)cc2c1SCCN2C. The molecule has 4 nitrogen and oxygen atoms in total. The maximum atomic E-state index is 10.2. The van der Waals surface area contributed by atoms with E-state index < -0.39 is 6.10 Å². The molecule has 104 valence electrons. The maximum Gasteiger partial charge on any atom is 0.214 e. The van der Waals surface area contributed by atoms with Crippen LogP contribution in [0.3, 0.4) is 0 Å². The van der Waals surface area contributed by atoms with E-state index in [1.807, 2.05) is 13.1 Å². The van der Waals surface area contributed by atoms with Crippen LogP contribution in [0, 0.1) is 5.41 Å². The van der Waals surface area contributed by atoms with E-state index in [1.165, 1.54) is 0 Å². The van der Waals surface area contributed by atoms with Crippen LogP contribution in [0.2, 0.25) is 5.02 Å². The quantitative estimate of drug-likeness (QED) is 0.666. The van der Waals surface area contributed by atoms with Gasteiger partial charge in [0.2, 0.25) is 5.90 Å². The summed E-state index contributed by atoms with van der Waals surface area (Å²) >= 11 is 7.79. The van der Waals surface area contributed by atoms with E-state index in [-0.39, 0.29) is 5.90 Å². The van der Waals surface area contributed by atoms with Crippen LogP contribution in [0.25, 0.3) is 0 Å². The third-order valence-corrected chi connectivity index (χ3v) is 4.33. The molecule has 6 heteroatoms. The standard InChI is InChI=1S/C13H17ClN2O2S/c1-3-18-13(15)11(17)9-6-8(14)7-10-12(9)19-5-4-16(10)2/h6-7,11,15,17H,3-5H2,1-2H3. The molecule has 2 N–H and O–H groups in total. The zero-order valence-electron chi connectivity index (χ0n) is 10.9. The molecule has 0 aromatic heterocycles. The van der Waals surface area contributed by atoms with Gasteiger partial charge >= 0.3 is 0 Å². The van der Waals surface area contributed by atoms with Crippen LogP contribution in [0.4, 0.5) is 5.69 Å². The number of nitrogens with zero attached hydrogens (tertiary/aromatic N) is 1. The monoisotopic (exact) mass is 300 g/mol. The number of fused-ring (bicyclic) bond motifs is 1. The average molecular weight is 301 g/mol. The third kappa shape index (κ3) is 2.99. The van der Waals surface area contributed by atoms with E-state index in [2.05, 4.69) is 4.90 Å². The van der Waals surface area contributed by atoms with Gasteiger partial charge in [0.1, 0.15) is 0 Å². The highest BCUT2D eigenvalue weighted by atomic mass is 35.5. The second-order valence-electron chi connectivity index (χ2n) is 4.31. The van der Waals surface area contributed by atoms with Gasteiger partial charge in [-0.2, -0.15) is 0 Å². The number of aliphatic hydroxyl groups excluding tert-OH is 1. The summed E-state index contributed by atoms with van der Waals surface area (Å²) in [6, 6.07) is 3.61. The van der Waals surface area contributed by atoms with Crippen LogP contribution in [-0.4, -0.2) is 37.0 Å². The van der Waals surface area contributed by atoms with Crippen molar-refractivity contribution in [3.63, 3.8) is 0 Å². The predicted molar refractivity (Wildman–Crippen MR) is 79.8 cm³/mol. The fraction of sp³-hybridized carbons (Fsp3) is 0.462. The Hall–Kier alpha value is -0.910. The minimum atomic E-state index is -1.06. The molecular formula is C13H17ClN2O2S. The van der Waals surface area contributed by atoms with Gasteiger partial charge < -0.3 is 14.7 Å². The van der Waals surface area contributed by atoms with Crippen LogP contribution in [0.1, 0.15) is 18.6 Å². The Morgan fingerprint density at radius 2 is 2.37 bits per heavy atom. The van der Waals surface area contributed by atoms with Crippen molar-refractivity contribution in [2.75, 3.05) is 30.9 Å². The molecule has 1 heterocycles. The number of hydrogen-bond acceptors (Lipinski definition) is 5. The highest BCUT2D eigenvalue weighted by Crippen LogP contribution is 2.41. The number of hydrogen-bond donors (Lipinski definition) is 2. The number of ether oxygens (including phenoxy) is 1. The molecule has 1 atom stereocenters. The summed E-state index contributed by atoms with van der Waals surface area (Å²) in [6.07, 6.45) is -1.06. The minimum absolute atomic E-state index is 0.138. The van der Waals surface area contributed by atoms with E-state index in [0.717, 1.165) is 22.9 Å². The zero-order chi connectivity index (χ0) is 14.0. The number of benzene rings is 1. The smallest absolute Gasteiger partial charge is 0.214 e. The van der Waals surface area contributed by atoms with Gasteiger partial charge in [0.25, 0.3) is 0 Å². The first kappa shape index (κ1) is 14.5. The first-order valence-electron chi connectivity index (χ1n) is 6.11. The molecule has 2 rings (SSSR count). The van der Waals surface area contributed by atoms with E-state index >= 15 is 0 Å². The summed E-state index contributed by atoms with van der Waals surface area (Å²) in [5.41, 5.74) is 1.65. The van der Waals surface area contributed by atoms with Gasteiger partial charge in [-0.3, -0.25) is 5.41 Å². The Balaban J connectivity index is 2.42. The zero-order valence-corrected chi connectivity index (χ0v) is 12.5. The molecule has 1 aliphatic rings. The molecule has 0 saturated heterocycles. The Morgan fingerprint density at radius 3 is 3.05 bits per heavy atom. The molecule has 0 spiro atoms. The molecule has 0 aliphatic carbocycles. The van der Waals surface area contributed by atoms with Crippen molar-refractivity contribution in [1.29, 1.82) is 5.41 Å². The predicted octanol–water partition coefficient (Wildman–Crippen LogP) is 2.93. The lowest BCUT2D eigenvalue weighted by molar-refractivity contribution is 0.188. The molecule has 19 heavy (non-hydrogen) atoms. The third-order valence-electron chi connectivity index (χ3n) is 2.99. The summed E-state index contributed by atoms with van der Waals surface area (Å²) in [4.78, 5) is 3.09. The van der Waals surface area contributed by atoms with Crippen LogP contribution >= 0.6 is 23.4 Å². The van der Waals surface area contributed by atoms with E-state index in [9.17, 15) is 5.11 Å². The van der Waals surface area contributed by atoms with Gasteiger partial charge in [0.15, 0.2) is 6.10 Å². The van der Waals surface area contributed by atoms with Gasteiger partial charge in [-0.15, -0.1) is 11.8 Å². The Labute approximate surface area is 122 Å². The first-order valence-corrected chi connectivity index (χ1v) is 7.47. The molecule has 0 radical (unpaired) electrons. The molecule has 0 bridgehead atoms. The fourth-order valence-electron chi connectivity index (χ4n) is 2.02. The van der Waals surface area contributed by atoms with Crippen molar-refractivity contribution in [2.24, 2.45) is 0 Å². The van der Waals surface area contributed by atoms with Gasteiger partial charge in [-0.1, -0.05) is 11.6 Å². The Kier molecular flexibility index (Phi) is 4.60. The molecular weight excluding hydrogens is 284 g/mol. The molecule has 1 aliphatic heterocycles. The van der Waals surface area contributed by atoms with E-state index in [0.29, 0.717) is 17.2 Å². The minimum Gasteiger partial charge on any atom is -0.479 e.